The van der Waals surface area contributed by atoms with Gasteiger partial charge in [0.2, 0.25) is 0 Å². The van der Waals surface area contributed by atoms with Gasteiger partial charge in [-0.15, -0.1) is 0 Å². The quantitative estimate of drug-likeness (QED) is 0.486. The second-order valence-electron chi connectivity index (χ2n) is 8.50. The lowest BCUT2D eigenvalue weighted by atomic mass is 10.0. The summed E-state index contributed by atoms with van der Waals surface area (Å²) in [5, 5.41) is 0. The molecule has 0 radical (unpaired) electrons. The van der Waals surface area contributed by atoms with Gasteiger partial charge in [-0.05, 0) is 85.0 Å². The molecule has 156 valence electrons. The van der Waals surface area contributed by atoms with Crippen LogP contribution < -0.4 is 4.31 Å². The average molecular weight is 420 g/mol. The number of rotatable bonds is 4. The molecule has 4 rings (SSSR count). The molecule has 30 heavy (non-hydrogen) atoms. The second kappa shape index (κ2) is 8.27. The first-order valence-corrected chi connectivity index (χ1v) is 12.1. The third-order valence-electron chi connectivity index (χ3n) is 6.26. The van der Waals surface area contributed by atoms with Crippen LogP contribution in [0.5, 0.6) is 0 Å². The van der Waals surface area contributed by atoms with E-state index in [4.69, 9.17) is 0 Å². The van der Waals surface area contributed by atoms with Crippen LogP contribution in [0.15, 0.2) is 71.6 Å². The van der Waals surface area contributed by atoms with Gasteiger partial charge in [-0.1, -0.05) is 55.0 Å². The fourth-order valence-corrected chi connectivity index (χ4v) is 5.28. The van der Waals surface area contributed by atoms with Gasteiger partial charge in [0.05, 0.1) is 10.6 Å². The van der Waals surface area contributed by atoms with Crippen molar-refractivity contribution in [3.05, 3.63) is 83.4 Å². The Kier molecular flexibility index (Phi) is 5.70. The second-order valence-corrected chi connectivity index (χ2v) is 10.5. The number of hydrogen-bond acceptors (Lipinski definition) is 2. The maximum Gasteiger partial charge on any atom is 0.264 e. The van der Waals surface area contributed by atoms with E-state index in [1.54, 1.807) is 19.2 Å². The first-order valence-electron chi connectivity index (χ1n) is 10.6. The average Bonchev–Trinajstić information content (AvgIpc) is 2.95. The van der Waals surface area contributed by atoms with Crippen LogP contribution in [0, 0.1) is 12.8 Å². The standard InChI is InChI=1S/C26H29NO2S/c1-19-4-8-21(9-5-19)22-13-16-26(17-14-22)30(28,29)27(3)25-15-12-23-10-6-20(2)7-11-24(23)18-25/h4-5,8-9,12-18,20H,6-7,10-11H2,1-3H3. The number of sulfonamides is 1. The molecule has 3 aromatic rings. The minimum absolute atomic E-state index is 0.310. The summed E-state index contributed by atoms with van der Waals surface area (Å²) in [7, 11) is -1.97. The summed E-state index contributed by atoms with van der Waals surface area (Å²) in [5.41, 5.74) is 6.67. The molecule has 1 atom stereocenters. The molecule has 0 bridgehead atoms. The molecular formula is C26H29NO2S. The molecule has 0 aromatic heterocycles. The Morgan fingerprint density at radius 2 is 1.37 bits per heavy atom. The van der Waals surface area contributed by atoms with Gasteiger partial charge in [0, 0.05) is 7.05 Å². The fraction of sp³-hybridized carbons (Fsp3) is 0.308. The SMILES string of the molecule is Cc1ccc(-c2ccc(S(=O)(=O)N(C)c3ccc4c(c3)CCC(C)CC4)cc2)cc1. The predicted octanol–water partition coefficient (Wildman–Crippen LogP) is 6.00. The molecule has 1 aliphatic carbocycles. The molecule has 0 spiro atoms. The third-order valence-corrected chi connectivity index (χ3v) is 8.06. The highest BCUT2D eigenvalue weighted by molar-refractivity contribution is 7.92. The summed E-state index contributed by atoms with van der Waals surface area (Å²) in [6.07, 6.45) is 4.46. The van der Waals surface area contributed by atoms with Crippen LogP contribution >= 0.6 is 0 Å². The van der Waals surface area contributed by atoms with E-state index in [0.717, 1.165) is 36.1 Å². The Bertz CT molecular complexity index is 1130. The highest BCUT2D eigenvalue weighted by atomic mass is 32.2. The summed E-state index contributed by atoms with van der Waals surface area (Å²) < 4.78 is 27.9. The van der Waals surface area contributed by atoms with Crippen molar-refractivity contribution in [2.45, 2.75) is 44.4 Å². The van der Waals surface area contributed by atoms with E-state index < -0.39 is 10.0 Å². The summed E-state index contributed by atoms with van der Waals surface area (Å²) in [6, 6.07) is 21.5. The molecule has 0 N–H and O–H groups in total. The van der Waals surface area contributed by atoms with E-state index >= 15 is 0 Å². The molecule has 0 amide bonds. The van der Waals surface area contributed by atoms with Crippen LogP contribution in [-0.4, -0.2) is 15.5 Å². The van der Waals surface area contributed by atoms with Gasteiger partial charge in [0.15, 0.2) is 0 Å². The summed E-state index contributed by atoms with van der Waals surface area (Å²) in [4.78, 5) is 0.310. The largest absolute Gasteiger partial charge is 0.269 e. The number of fused-ring (bicyclic) bond motifs is 1. The van der Waals surface area contributed by atoms with Crippen LogP contribution in [-0.2, 0) is 22.9 Å². The number of nitrogens with zero attached hydrogens (tertiary/aromatic N) is 1. The predicted molar refractivity (Wildman–Crippen MR) is 124 cm³/mol. The van der Waals surface area contributed by atoms with Crippen molar-refractivity contribution in [1.82, 2.24) is 0 Å². The Morgan fingerprint density at radius 3 is 2.00 bits per heavy atom. The fourth-order valence-electron chi connectivity index (χ4n) is 4.10. The lowest BCUT2D eigenvalue weighted by Gasteiger charge is -2.21. The minimum Gasteiger partial charge on any atom is -0.269 e. The summed E-state index contributed by atoms with van der Waals surface area (Å²) in [5.74, 6) is 0.717. The lowest BCUT2D eigenvalue weighted by Crippen LogP contribution is -2.26. The van der Waals surface area contributed by atoms with Crippen molar-refractivity contribution in [2.24, 2.45) is 5.92 Å². The molecule has 0 saturated heterocycles. The molecule has 4 heteroatoms. The lowest BCUT2D eigenvalue weighted by molar-refractivity contribution is 0.510. The summed E-state index contributed by atoms with van der Waals surface area (Å²) in [6.45, 7) is 4.35. The molecule has 0 aliphatic heterocycles. The van der Waals surface area contributed by atoms with Crippen LogP contribution in [0.1, 0.15) is 36.5 Å². The van der Waals surface area contributed by atoms with Gasteiger partial charge >= 0.3 is 0 Å². The van der Waals surface area contributed by atoms with Gasteiger partial charge in [-0.25, -0.2) is 8.42 Å². The van der Waals surface area contributed by atoms with Crippen LogP contribution in [0.25, 0.3) is 11.1 Å². The van der Waals surface area contributed by atoms with E-state index in [9.17, 15) is 8.42 Å². The van der Waals surface area contributed by atoms with Gasteiger partial charge in [0.25, 0.3) is 10.0 Å². The first-order chi connectivity index (χ1) is 14.3. The van der Waals surface area contributed by atoms with E-state index in [0.29, 0.717) is 10.8 Å². The number of benzene rings is 3. The Hall–Kier alpha value is -2.59. The van der Waals surface area contributed by atoms with Gasteiger partial charge in [-0.2, -0.15) is 0 Å². The first kappa shape index (κ1) is 20.7. The Morgan fingerprint density at radius 1 is 0.800 bits per heavy atom. The van der Waals surface area contributed by atoms with Gasteiger partial charge in [-0.3, -0.25) is 4.31 Å². The monoisotopic (exact) mass is 419 g/mol. The van der Waals surface area contributed by atoms with Crippen LogP contribution in [0.3, 0.4) is 0 Å². The van der Waals surface area contributed by atoms with Gasteiger partial charge < -0.3 is 0 Å². The Labute approximate surface area is 180 Å². The molecule has 0 saturated carbocycles. The van der Waals surface area contributed by atoms with Crippen molar-refractivity contribution in [1.29, 1.82) is 0 Å². The molecule has 0 heterocycles. The maximum absolute atomic E-state index is 13.2. The smallest absolute Gasteiger partial charge is 0.264 e. The minimum atomic E-state index is -3.61. The van der Waals surface area contributed by atoms with Crippen LogP contribution in [0.2, 0.25) is 0 Å². The number of aryl methyl sites for hydroxylation is 3. The van der Waals surface area contributed by atoms with E-state index in [2.05, 4.69) is 50.2 Å². The zero-order chi connectivity index (χ0) is 21.3. The van der Waals surface area contributed by atoms with Crippen molar-refractivity contribution in [3.63, 3.8) is 0 Å². The van der Waals surface area contributed by atoms with Crippen LogP contribution in [0.4, 0.5) is 5.69 Å². The number of hydrogen-bond donors (Lipinski definition) is 0. The molecule has 1 aliphatic rings. The van der Waals surface area contributed by atoms with Gasteiger partial charge in [0.1, 0.15) is 0 Å². The normalized spacial score (nSPS) is 16.6. The Balaban J connectivity index is 1.59. The van der Waals surface area contributed by atoms with E-state index in [1.165, 1.54) is 27.4 Å². The molecule has 3 aromatic carbocycles. The molecule has 0 fully saturated rings. The molecule has 3 nitrogen and oxygen atoms in total. The zero-order valence-electron chi connectivity index (χ0n) is 17.9. The van der Waals surface area contributed by atoms with E-state index in [1.807, 2.05) is 18.2 Å². The zero-order valence-corrected chi connectivity index (χ0v) is 18.7. The highest BCUT2D eigenvalue weighted by Gasteiger charge is 2.23. The van der Waals surface area contributed by atoms with Crippen molar-refractivity contribution in [3.8, 4) is 11.1 Å². The van der Waals surface area contributed by atoms with E-state index in [-0.39, 0.29) is 0 Å². The topological polar surface area (TPSA) is 37.4 Å². The van der Waals surface area contributed by atoms with Crippen molar-refractivity contribution in [2.75, 3.05) is 11.4 Å². The number of anilines is 1. The third kappa shape index (κ3) is 4.15. The van der Waals surface area contributed by atoms with Crippen molar-refractivity contribution < 1.29 is 8.42 Å². The maximum atomic E-state index is 13.2. The highest BCUT2D eigenvalue weighted by Crippen LogP contribution is 2.30. The molecule has 1 unspecified atom stereocenters. The molecular weight excluding hydrogens is 390 g/mol. The summed E-state index contributed by atoms with van der Waals surface area (Å²) >= 11 is 0. The van der Waals surface area contributed by atoms with Crippen molar-refractivity contribution >= 4 is 15.7 Å².